The van der Waals surface area contributed by atoms with Crippen molar-refractivity contribution < 1.29 is 9.59 Å². The summed E-state index contributed by atoms with van der Waals surface area (Å²) in [6.07, 6.45) is 7.18. The molecule has 2 aliphatic rings. The van der Waals surface area contributed by atoms with Gasteiger partial charge in [0.15, 0.2) is 0 Å². The number of imide groups is 1. The lowest BCUT2D eigenvalue weighted by Gasteiger charge is -2.28. The van der Waals surface area contributed by atoms with E-state index in [1.165, 1.54) is 0 Å². The lowest BCUT2D eigenvalue weighted by Crippen LogP contribution is -2.55. The van der Waals surface area contributed by atoms with Crippen LogP contribution in [0, 0.1) is 0 Å². The standard InChI is InChI=1S/C11H18N4O2/c16-9-15-11(17)14-7-3-1-2-5-10(13-15)12-6-4-8-14/h2,5,9-10,12-13H,1,3-4,6-8H2. The Labute approximate surface area is 101 Å². The molecule has 6 nitrogen and oxygen atoms in total. The van der Waals surface area contributed by atoms with E-state index in [-0.39, 0.29) is 12.2 Å². The van der Waals surface area contributed by atoms with Crippen molar-refractivity contribution in [3.63, 3.8) is 0 Å². The third kappa shape index (κ3) is 3.04. The van der Waals surface area contributed by atoms with Gasteiger partial charge in [0, 0.05) is 13.1 Å². The average Bonchev–Trinajstić information content (AvgIpc) is 2.39. The summed E-state index contributed by atoms with van der Waals surface area (Å²) in [5.74, 6) is 0. The molecule has 3 amide bonds. The fraction of sp³-hybridized carbons (Fsp3) is 0.636. The quantitative estimate of drug-likeness (QED) is 0.500. The molecule has 2 N–H and O–H groups in total. The van der Waals surface area contributed by atoms with E-state index in [4.69, 9.17) is 0 Å². The molecule has 2 bridgehead atoms. The van der Waals surface area contributed by atoms with E-state index >= 15 is 0 Å². The fourth-order valence-electron chi connectivity index (χ4n) is 2.05. The van der Waals surface area contributed by atoms with Crippen molar-refractivity contribution in [3.8, 4) is 0 Å². The first kappa shape index (κ1) is 12.1. The van der Waals surface area contributed by atoms with E-state index in [0.29, 0.717) is 19.5 Å². The van der Waals surface area contributed by atoms with Crippen molar-refractivity contribution in [2.24, 2.45) is 0 Å². The summed E-state index contributed by atoms with van der Waals surface area (Å²) in [6.45, 7) is 2.20. The Hall–Kier alpha value is -1.40. The molecular weight excluding hydrogens is 220 g/mol. The summed E-state index contributed by atoms with van der Waals surface area (Å²) in [5, 5.41) is 4.28. The van der Waals surface area contributed by atoms with Crippen LogP contribution in [0.1, 0.15) is 19.3 Å². The van der Waals surface area contributed by atoms with Crippen LogP contribution in [0.25, 0.3) is 0 Å². The normalized spacial score (nSPS) is 26.6. The Morgan fingerprint density at radius 1 is 1.35 bits per heavy atom. The molecule has 1 fully saturated rings. The number of carbonyl (C=O) groups excluding carboxylic acids is 2. The summed E-state index contributed by atoms with van der Waals surface area (Å²) >= 11 is 0. The highest BCUT2D eigenvalue weighted by molar-refractivity contribution is 5.84. The number of fused-ring (bicyclic) bond motifs is 4. The van der Waals surface area contributed by atoms with Gasteiger partial charge in [0.1, 0.15) is 0 Å². The van der Waals surface area contributed by atoms with E-state index < -0.39 is 0 Å². The number of hydrazine groups is 1. The molecule has 1 saturated heterocycles. The molecule has 0 aromatic carbocycles. The second kappa shape index (κ2) is 5.79. The Bertz CT molecular complexity index is 319. The number of amides is 3. The van der Waals surface area contributed by atoms with E-state index in [1.54, 1.807) is 4.90 Å². The molecule has 1 atom stereocenters. The highest BCUT2D eigenvalue weighted by Crippen LogP contribution is 2.06. The van der Waals surface area contributed by atoms with Gasteiger partial charge in [-0.2, -0.15) is 5.01 Å². The largest absolute Gasteiger partial charge is 0.341 e. The number of hydrogen-bond acceptors (Lipinski definition) is 4. The highest BCUT2D eigenvalue weighted by atomic mass is 16.2. The summed E-state index contributed by atoms with van der Waals surface area (Å²) in [4.78, 5) is 24.7. The topological polar surface area (TPSA) is 64.7 Å². The second-order valence-corrected chi connectivity index (χ2v) is 4.23. The van der Waals surface area contributed by atoms with Crippen LogP contribution in [-0.2, 0) is 4.79 Å². The number of urea groups is 1. The summed E-state index contributed by atoms with van der Waals surface area (Å²) in [5.41, 5.74) is 2.87. The first-order valence-electron chi connectivity index (χ1n) is 6.01. The van der Waals surface area contributed by atoms with E-state index in [2.05, 4.69) is 16.8 Å². The molecule has 0 aromatic rings. The lowest BCUT2D eigenvalue weighted by atomic mass is 10.2. The monoisotopic (exact) mass is 238 g/mol. The molecule has 94 valence electrons. The van der Waals surface area contributed by atoms with Gasteiger partial charge in [0.05, 0.1) is 6.17 Å². The molecule has 2 rings (SSSR count). The van der Waals surface area contributed by atoms with Gasteiger partial charge in [0.2, 0.25) is 6.41 Å². The third-order valence-corrected chi connectivity index (χ3v) is 2.96. The smallest absolute Gasteiger partial charge is 0.323 e. The maximum atomic E-state index is 12.1. The van der Waals surface area contributed by atoms with E-state index in [0.717, 1.165) is 30.8 Å². The lowest BCUT2D eigenvalue weighted by molar-refractivity contribution is -0.118. The van der Waals surface area contributed by atoms with Crippen LogP contribution in [-0.4, -0.2) is 48.2 Å². The molecule has 0 saturated carbocycles. The molecule has 0 aliphatic carbocycles. The Balaban J connectivity index is 2.23. The van der Waals surface area contributed by atoms with Gasteiger partial charge >= 0.3 is 6.03 Å². The van der Waals surface area contributed by atoms with Crippen molar-refractivity contribution >= 4 is 12.4 Å². The zero-order chi connectivity index (χ0) is 12.1. The number of nitrogens with one attached hydrogen (secondary N) is 2. The molecule has 0 spiro atoms. The number of nitrogens with zero attached hydrogens (tertiary/aromatic N) is 2. The maximum Gasteiger partial charge on any atom is 0.341 e. The van der Waals surface area contributed by atoms with Crippen LogP contribution in [0.3, 0.4) is 0 Å². The van der Waals surface area contributed by atoms with Crippen LogP contribution in [0.2, 0.25) is 0 Å². The minimum Gasteiger partial charge on any atom is -0.323 e. The molecule has 6 heteroatoms. The van der Waals surface area contributed by atoms with Crippen molar-refractivity contribution in [2.75, 3.05) is 19.6 Å². The fourth-order valence-corrected chi connectivity index (χ4v) is 2.05. The summed E-state index contributed by atoms with van der Waals surface area (Å²) in [7, 11) is 0. The molecular formula is C11H18N4O2. The summed E-state index contributed by atoms with van der Waals surface area (Å²) in [6, 6.07) is -0.260. The molecule has 0 aromatic heterocycles. The van der Waals surface area contributed by atoms with Crippen molar-refractivity contribution in [1.82, 2.24) is 20.7 Å². The van der Waals surface area contributed by atoms with Gasteiger partial charge in [-0.15, -0.1) is 0 Å². The van der Waals surface area contributed by atoms with Crippen molar-refractivity contribution in [1.29, 1.82) is 0 Å². The molecule has 17 heavy (non-hydrogen) atoms. The van der Waals surface area contributed by atoms with Crippen LogP contribution in [0.5, 0.6) is 0 Å². The van der Waals surface area contributed by atoms with E-state index in [9.17, 15) is 9.59 Å². The predicted molar refractivity (Wildman–Crippen MR) is 62.8 cm³/mol. The third-order valence-electron chi connectivity index (χ3n) is 2.96. The van der Waals surface area contributed by atoms with Gasteiger partial charge in [-0.25, -0.2) is 10.2 Å². The molecule has 2 heterocycles. The van der Waals surface area contributed by atoms with Gasteiger partial charge < -0.3 is 4.90 Å². The zero-order valence-corrected chi connectivity index (χ0v) is 9.76. The number of rotatable bonds is 1. The predicted octanol–water partition coefficient (Wildman–Crippen LogP) is 0.0408. The first-order chi connectivity index (χ1) is 8.31. The Morgan fingerprint density at radius 2 is 2.18 bits per heavy atom. The Morgan fingerprint density at radius 3 is 3.00 bits per heavy atom. The minimum absolute atomic E-state index is 0.165. The van der Waals surface area contributed by atoms with Gasteiger partial charge in [-0.3, -0.25) is 10.1 Å². The van der Waals surface area contributed by atoms with Gasteiger partial charge in [0.25, 0.3) is 0 Å². The second-order valence-electron chi connectivity index (χ2n) is 4.23. The van der Waals surface area contributed by atoms with Gasteiger partial charge in [-0.05, 0) is 25.8 Å². The SMILES string of the molecule is O=CN1NC2C=CCCCN(CCCN2)C1=O. The average molecular weight is 238 g/mol. The van der Waals surface area contributed by atoms with Crippen LogP contribution < -0.4 is 10.7 Å². The van der Waals surface area contributed by atoms with Crippen LogP contribution in [0.15, 0.2) is 12.2 Å². The maximum absolute atomic E-state index is 12.1. The Kier molecular flexibility index (Phi) is 4.11. The van der Waals surface area contributed by atoms with Crippen molar-refractivity contribution in [2.45, 2.75) is 25.4 Å². The molecule has 1 unspecified atom stereocenters. The number of allylic oxidation sites excluding steroid dienone is 1. The van der Waals surface area contributed by atoms with Crippen LogP contribution >= 0.6 is 0 Å². The first-order valence-corrected chi connectivity index (χ1v) is 6.01. The van der Waals surface area contributed by atoms with Gasteiger partial charge in [-0.1, -0.05) is 12.2 Å². The highest BCUT2D eigenvalue weighted by Gasteiger charge is 2.24. The van der Waals surface area contributed by atoms with E-state index in [1.807, 2.05) is 6.08 Å². The zero-order valence-electron chi connectivity index (χ0n) is 9.76. The number of hydrogen-bond donors (Lipinski definition) is 2. The molecule has 0 radical (unpaired) electrons. The number of carbonyl (C=O) groups is 2. The van der Waals surface area contributed by atoms with Crippen LogP contribution in [0.4, 0.5) is 4.79 Å². The van der Waals surface area contributed by atoms with Crippen molar-refractivity contribution in [3.05, 3.63) is 12.2 Å². The minimum atomic E-state index is -0.260. The molecule has 2 aliphatic heterocycles. The summed E-state index contributed by atoms with van der Waals surface area (Å²) < 4.78 is 0.